The number of anilines is 1. The van der Waals surface area contributed by atoms with Crippen LogP contribution in [0.4, 0.5) is 5.82 Å². The van der Waals surface area contributed by atoms with Crippen molar-refractivity contribution in [3.8, 4) is 0 Å². The third-order valence-corrected chi connectivity index (χ3v) is 6.43. The van der Waals surface area contributed by atoms with Crippen molar-refractivity contribution in [2.45, 2.75) is 90.9 Å². The number of aryl methyl sites for hydroxylation is 5. The maximum Gasteiger partial charge on any atom is 0.305 e. The molecule has 0 saturated heterocycles. The number of carbonyl (C=O) groups is 2. The van der Waals surface area contributed by atoms with E-state index in [-0.39, 0.29) is 11.9 Å². The largest absolute Gasteiger partial charge is 0.466 e. The Balaban J connectivity index is 0.000000201. The Kier molecular flexibility index (Phi) is 11.7. The van der Waals surface area contributed by atoms with Crippen molar-refractivity contribution >= 4 is 17.8 Å². The number of fused-ring (bicyclic) bond motifs is 2. The Morgan fingerprint density at radius 2 is 1.36 bits per heavy atom. The van der Waals surface area contributed by atoms with E-state index in [0.717, 1.165) is 62.3 Å². The number of aromatic nitrogens is 2. The molecule has 3 heterocycles. The topological polar surface area (TPSA) is 90.4 Å². The number of pyridine rings is 2. The van der Waals surface area contributed by atoms with Crippen LogP contribution >= 0.6 is 0 Å². The molecule has 2 aliphatic rings. The third kappa shape index (κ3) is 9.25. The summed E-state index contributed by atoms with van der Waals surface area (Å²) in [4.78, 5) is 31.7. The van der Waals surface area contributed by atoms with Crippen LogP contribution in [-0.4, -0.2) is 41.7 Å². The number of nitrogens with zero attached hydrogens (tertiary/aromatic N) is 2. The first-order valence-corrected chi connectivity index (χ1v) is 13.6. The van der Waals surface area contributed by atoms with Gasteiger partial charge in [-0.15, -0.1) is 0 Å². The second-order valence-electron chi connectivity index (χ2n) is 9.27. The Bertz CT molecular complexity index is 913. The highest BCUT2D eigenvalue weighted by atomic mass is 16.5. The number of esters is 2. The molecule has 0 spiro atoms. The van der Waals surface area contributed by atoms with E-state index < -0.39 is 0 Å². The summed E-state index contributed by atoms with van der Waals surface area (Å²) in [5.41, 5.74) is 6.15. The van der Waals surface area contributed by atoms with Crippen molar-refractivity contribution in [1.29, 1.82) is 0 Å². The zero-order valence-corrected chi connectivity index (χ0v) is 21.9. The fourth-order valence-electron chi connectivity index (χ4n) is 4.57. The molecular formula is C29H41N3O4. The van der Waals surface area contributed by atoms with Gasteiger partial charge in [0, 0.05) is 36.5 Å². The van der Waals surface area contributed by atoms with Crippen molar-refractivity contribution in [3.63, 3.8) is 0 Å². The Morgan fingerprint density at radius 3 is 2.03 bits per heavy atom. The van der Waals surface area contributed by atoms with Gasteiger partial charge < -0.3 is 14.8 Å². The second-order valence-corrected chi connectivity index (χ2v) is 9.27. The molecule has 0 radical (unpaired) electrons. The molecule has 2 aromatic heterocycles. The molecule has 1 aliphatic carbocycles. The minimum atomic E-state index is -0.117. The normalized spacial score (nSPS) is 13.8. The zero-order valence-electron chi connectivity index (χ0n) is 21.9. The van der Waals surface area contributed by atoms with Gasteiger partial charge in [-0.3, -0.25) is 14.6 Å². The summed E-state index contributed by atoms with van der Waals surface area (Å²) in [5.74, 6) is 0.805. The van der Waals surface area contributed by atoms with Gasteiger partial charge in [-0.05, 0) is 101 Å². The van der Waals surface area contributed by atoms with E-state index in [1.54, 1.807) is 0 Å². The highest BCUT2D eigenvalue weighted by Crippen LogP contribution is 2.21. The number of hydrogen-bond acceptors (Lipinski definition) is 7. The molecule has 0 unspecified atom stereocenters. The lowest BCUT2D eigenvalue weighted by Crippen LogP contribution is -2.14. The Morgan fingerprint density at radius 1 is 0.778 bits per heavy atom. The maximum atomic E-state index is 11.2. The van der Waals surface area contributed by atoms with Crippen LogP contribution in [-0.2, 0) is 51.2 Å². The van der Waals surface area contributed by atoms with Crippen LogP contribution in [0.1, 0.15) is 87.0 Å². The highest BCUT2D eigenvalue weighted by Gasteiger charge is 2.12. The van der Waals surface area contributed by atoms with Crippen LogP contribution in [0.25, 0.3) is 0 Å². The van der Waals surface area contributed by atoms with Crippen molar-refractivity contribution in [1.82, 2.24) is 9.97 Å². The van der Waals surface area contributed by atoms with E-state index in [0.29, 0.717) is 26.1 Å². The van der Waals surface area contributed by atoms with Gasteiger partial charge in [0.15, 0.2) is 0 Å². The van der Waals surface area contributed by atoms with Gasteiger partial charge in [-0.1, -0.05) is 12.1 Å². The molecule has 0 aromatic carbocycles. The van der Waals surface area contributed by atoms with Crippen LogP contribution in [0, 0.1) is 0 Å². The van der Waals surface area contributed by atoms with Crippen LogP contribution in [0.2, 0.25) is 0 Å². The van der Waals surface area contributed by atoms with Gasteiger partial charge in [0.05, 0.1) is 13.2 Å². The van der Waals surface area contributed by atoms with Crippen LogP contribution < -0.4 is 5.32 Å². The van der Waals surface area contributed by atoms with Gasteiger partial charge in [-0.25, -0.2) is 4.98 Å². The van der Waals surface area contributed by atoms with Crippen LogP contribution in [0.15, 0.2) is 24.3 Å². The van der Waals surface area contributed by atoms with Crippen LogP contribution in [0.5, 0.6) is 0 Å². The first-order valence-electron chi connectivity index (χ1n) is 13.6. The maximum absolute atomic E-state index is 11.2. The number of nitrogens with one attached hydrogen (secondary N) is 1. The third-order valence-electron chi connectivity index (χ3n) is 6.43. The molecule has 1 aliphatic heterocycles. The molecule has 2 aromatic rings. The molecule has 36 heavy (non-hydrogen) atoms. The number of rotatable bonds is 10. The van der Waals surface area contributed by atoms with E-state index in [1.165, 1.54) is 42.5 Å². The summed E-state index contributed by atoms with van der Waals surface area (Å²) >= 11 is 0. The number of carbonyl (C=O) groups excluding carboxylic acids is 2. The standard InChI is InChI=1S/C15H21NO2.C14H20N2O2/c1-2-18-15(17)9-5-7-13-11-10-12-6-3-4-8-14(12)16-13;1-2-18-13(17)7-3-6-12-9-8-11-5-4-10-15-14(11)16-12/h10-11H,2-9H2,1H3;8-9H,2-7,10H2,1H3,(H,15,16). The van der Waals surface area contributed by atoms with Gasteiger partial charge in [0.2, 0.25) is 0 Å². The number of hydrogen-bond donors (Lipinski definition) is 1. The van der Waals surface area contributed by atoms with E-state index in [4.69, 9.17) is 14.5 Å². The summed E-state index contributed by atoms with van der Waals surface area (Å²) in [6, 6.07) is 8.53. The Labute approximate surface area is 215 Å². The summed E-state index contributed by atoms with van der Waals surface area (Å²) in [6.07, 6.45) is 11.4. The molecule has 0 saturated carbocycles. The first kappa shape index (κ1) is 27.6. The average molecular weight is 496 g/mol. The molecule has 4 rings (SSSR count). The molecule has 7 heteroatoms. The minimum absolute atomic E-state index is 0.101. The molecule has 0 fully saturated rings. The lowest BCUT2D eigenvalue weighted by Gasteiger charge is -2.17. The van der Waals surface area contributed by atoms with E-state index in [2.05, 4.69) is 34.6 Å². The summed E-state index contributed by atoms with van der Waals surface area (Å²) < 4.78 is 9.81. The predicted octanol–water partition coefficient (Wildman–Crippen LogP) is 5.17. The second kappa shape index (κ2) is 15.2. The van der Waals surface area contributed by atoms with Gasteiger partial charge >= 0.3 is 11.9 Å². The molecular weight excluding hydrogens is 454 g/mol. The first-order chi connectivity index (χ1) is 17.6. The molecule has 196 valence electrons. The van der Waals surface area contributed by atoms with Crippen molar-refractivity contribution in [2.24, 2.45) is 0 Å². The van der Waals surface area contributed by atoms with Crippen LogP contribution in [0.3, 0.4) is 0 Å². The van der Waals surface area contributed by atoms with E-state index in [1.807, 2.05) is 13.8 Å². The van der Waals surface area contributed by atoms with Crippen molar-refractivity contribution in [3.05, 3.63) is 52.5 Å². The van der Waals surface area contributed by atoms with Crippen molar-refractivity contribution < 1.29 is 19.1 Å². The summed E-state index contributed by atoms with van der Waals surface area (Å²) in [5, 5.41) is 3.32. The van der Waals surface area contributed by atoms with Crippen molar-refractivity contribution in [2.75, 3.05) is 25.1 Å². The molecule has 0 amide bonds. The SMILES string of the molecule is CCOC(=O)CCCc1ccc2c(n1)CCCC2.CCOC(=O)CCCc1ccc2c(n1)NCCC2. The Hall–Kier alpha value is -2.96. The molecule has 1 N–H and O–H groups in total. The zero-order chi connectivity index (χ0) is 25.6. The van der Waals surface area contributed by atoms with E-state index in [9.17, 15) is 9.59 Å². The lowest BCUT2D eigenvalue weighted by molar-refractivity contribution is -0.144. The average Bonchev–Trinajstić information content (AvgIpc) is 2.89. The number of ether oxygens (including phenoxy) is 2. The molecule has 7 nitrogen and oxygen atoms in total. The molecule has 0 atom stereocenters. The van der Waals surface area contributed by atoms with Gasteiger partial charge in [0.25, 0.3) is 0 Å². The van der Waals surface area contributed by atoms with Gasteiger partial charge in [0.1, 0.15) is 5.82 Å². The van der Waals surface area contributed by atoms with E-state index >= 15 is 0 Å². The smallest absolute Gasteiger partial charge is 0.305 e. The predicted molar refractivity (Wildman–Crippen MR) is 141 cm³/mol. The summed E-state index contributed by atoms with van der Waals surface area (Å²) in [6.45, 7) is 5.60. The minimum Gasteiger partial charge on any atom is -0.466 e. The monoisotopic (exact) mass is 495 g/mol. The lowest BCUT2D eigenvalue weighted by atomic mass is 9.95. The quantitative estimate of drug-likeness (QED) is 0.455. The van der Waals surface area contributed by atoms with Gasteiger partial charge in [-0.2, -0.15) is 0 Å². The molecule has 0 bridgehead atoms. The fourth-order valence-corrected chi connectivity index (χ4v) is 4.57. The fraction of sp³-hybridized carbons (Fsp3) is 0.586. The summed E-state index contributed by atoms with van der Waals surface area (Å²) in [7, 11) is 0. The highest BCUT2D eigenvalue weighted by molar-refractivity contribution is 5.69.